The Morgan fingerprint density at radius 3 is 2.74 bits per heavy atom. The molecule has 1 aromatic rings. The average molecular weight is 458 g/mol. The topological polar surface area (TPSA) is 125 Å². The van der Waals surface area contributed by atoms with Crippen LogP contribution in [0.25, 0.3) is 0 Å². The third kappa shape index (κ3) is 7.60. The first-order valence-electron chi connectivity index (χ1n) is 9.85. The molecule has 2 rings (SSSR count). The molecular formula is C20H28FN3O6S. The van der Waals surface area contributed by atoms with Crippen LogP contribution >= 0.6 is 0 Å². The molecule has 1 aliphatic heterocycles. The number of imide groups is 1. The summed E-state index contributed by atoms with van der Waals surface area (Å²) < 4.78 is 45.3. The van der Waals surface area contributed by atoms with Crippen molar-refractivity contribution in [2.24, 2.45) is 0 Å². The summed E-state index contributed by atoms with van der Waals surface area (Å²) >= 11 is 0. The average Bonchev–Trinajstić information content (AvgIpc) is 3.05. The van der Waals surface area contributed by atoms with Crippen molar-refractivity contribution >= 4 is 22.0 Å². The van der Waals surface area contributed by atoms with Gasteiger partial charge in [-0.15, -0.1) is 0 Å². The number of hydrogen-bond acceptors (Lipinski definition) is 6. The highest BCUT2D eigenvalue weighted by molar-refractivity contribution is 7.89. The molecule has 0 bridgehead atoms. The largest absolute Gasteiger partial charge is 0.491 e. The monoisotopic (exact) mass is 457 g/mol. The highest BCUT2D eigenvalue weighted by Crippen LogP contribution is 2.27. The molecule has 0 saturated carbocycles. The van der Waals surface area contributed by atoms with Crippen molar-refractivity contribution in [1.82, 2.24) is 14.9 Å². The van der Waals surface area contributed by atoms with Crippen LogP contribution < -0.4 is 14.8 Å². The number of nitrogens with one attached hydrogen (secondary N) is 2. The summed E-state index contributed by atoms with van der Waals surface area (Å²) in [4.78, 5) is 23.8. The molecule has 3 N–H and O–H groups in total. The summed E-state index contributed by atoms with van der Waals surface area (Å²) in [6.07, 6.45) is 1.94. The summed E-state index contributed by atoms with van der Waals surface area (Å²) in [5, 5.41) is 13.1. The fourth-order valence-electron chi connectivity index (χ4n) is 2.83. The Kier molecular flexibility index (Phi) is 8.54. The predicted molar refractivity (Wildman–Crippen MR) is 113 cm³/mol. The van der Waals surface area contributed by atoms with Crippen molar-refractivity contribution in [3.8, 4) is 5.75 Å². The van der Waals surface area contributed by atoms with Crippen molar-refractivity contribution in [2.75, 3.05) is 32.0 Å². The van der Waals surface area contributed by atoms with E-state index in [9.17, 15) is 27.5 Å². The summed E-state index contributed by atoms with van der Waals surface area (Å²) in [6, 6.07) is 5.96. The van der Waals surface area contributed by atoms with Gasteiger partial charge >= 0.3 is 6.03 Å². The van der Waals surface area contributed by atoms with Crippen LogP contribution in [-0.4, -0.2) is 68.5 Å². The van der Waals surface area contributed by atoms with E-state index >= 15 is 0 Å². The summed E-state index contributed by atoms with van der Waals surface area (Å²) in [5.74, 6) is -0.377. The van der Waals surface area contributed by atoms with Gasteiger partial charge in [-0.1, -0.05) is 31.2 Å². The van der Waals surface area contributed by atoms with E-state index in [1.807, 2.05) is 0 Å². The number of carbonyl (C=O) groups excluding carboxylic acids is 2. The van der Waals surface area contributed by atoms with Crippen LogP contribution in [0.5, 0.6) is 5.75 Å². The van der Waals surface area contributed by atoms with E-state index in [-0.39, 0.29) is 38.4 Å². The fraction of sp³-hybridized carbons (Fsp3) is 0.500. The van der Waals surface area contributed by atoms with Gasteiger partial charge in [-0.25, -0.2) is 22.3 Å². The van der Waals surface area contributed by atoms with Gasteiger partial charge in [-0.2, -0.15) is 0 Å². The van der Waals surface area contributed by atoms with Gasteiger partial charge in [-0.3, -0.25) is 10.1 Å². The summed E-state index contributed by atoms with van der Waals surface area (Å²) in [7, 11) is -3.75. The number of hydrogen-bond donors (Lipinski definition) is 3. The van der Waals surface area contributed by atoms with Crippen LogP contribution in [0, 0.1) is 0 Å². The molecule has 1 aliphatic rings. The molecule has 1 saturated heterocycles. The molecular weight excluding hydrogens is 429 g/mol. The van der Waals surface area contributed by atoms with E-state index in [1.165, 1.54) is 24.0 Å². The highest BCUT2D eigenvalue weighted by Gasteiger charge is 2.29. The second kappa shape index (κ2) is 10.7. The number of benzene rings is 1. The third-order valence-electron chi connectivity index (χ3n) is 4.70. The van der Waals surface area contributed by atoms with E-state index in [4.69, 9.17) is 4.74 Å². The Morgan fingerprint density at radius 2 is 2.13 bits per heavy atom. The SMILES string of the molecule is CC[C@@](O)(CNS(=O)(=O)C/C=C/CN1CC(=O)NC1=O)c1cccc(OCC(C)F)c1. The first-order valence-corrected chi connectivity index (χ1v) is 11.5. The van der Waals surface area contributed by atoms with Crippen LogP contribution in [0.3, 0.4) is 0 Å². The van der Waals surface area contributed by atoms with Gasteiger partial charge in [0.05, 0.1) is 5.75 Å². The number of carbonyl (C=O) groups is 2. The van der Waals surface area contributed by atoms with Gasteiger partial charge in [0.15, 0.2) is 0 Å². The molecule has 0 spiro atoms. The number of aliphatic hydroxyl groups is 1. The molecule has 0 radical (unpaired) electrons. The summed E-state index contributed by atoms with van der Waals surface area (Å²) in [5.41, 5.74) is -1.03. The quantitative estimate of drug-likeness (QED) is 0.318. The lowest BCUT2D eigenvalue weighted by molar-refractivity contribution is -0.118. The van der Waals surface area contributed by atoms with E-state index in [1.54, 1.807) is 31.2 Å². The number of ether oxygens (including phenoxy) is 1. The Morgan fingerprint density at radius 1 is 1.39 bits per heavy atom. The van der Waals surface area contributed by atoms with Gasteiger partial charge < -0.3 is 14.7 Å². The lowest BCUT2D eigenvalue weighted by Gasteiger charge is -2.28. The lowest BCUT2D eigenvalue weighted by Crippen LogP contribution is -2.41. The molecule has 2 atom stereocenters. The first kappa shape index (κ1) is 24.8. The Balaban J connectivity index is 1.93. The molecule has 1 unspecified atom stereocenters. The van der Waals surface area contributed by atoms with Crippen LogP contribution in [0.15, 0.2) is 36.4 Å². The number of sulfonamides is 1. The number of rotatable bonds is 12. The molecule has 1 fully saturated rings. The standard InChI is InChI=1S/C20H28FN3O6S/c1-3-20(27,16-7-6-8-17(11-16)30-13-15(2)21)14-22-31(28,29)10-5-4-9-24-12-18(25)23-19(24)26/h4-8,11,15,22,27H,3,9-10,12-14H2,1-2H3,(H,23,25,26)/b5-4+/t15?,20-/m1/s1. The predicted octanol–water partition coefficient (Wildman–Crippen LogP) is 1.05. The molecule has 9 nitrogen and oxygen atoms in total. The highest BCUT2D eigenvalue weighted by atomic mass is 32.2. The maximum absolute atomic E-state index is 13.0. The fourth-order valence-corrected chi connectivity index (χ4v) is 3.80. The third-order valence-corrected chi connectivity index (χ3v) is 5.91. The van der Waals surface area contributed by atoms with Crippen molar-refractivity contribution in [3.63, 3.8) is 0 Å². The van der Waals surface area contributed by atoms with Gasteiger partial charge in [-0.05, 0) is 31.0 Å². The van der Waals surface area contributed by atoms with E-state index in [0.717, 1.165) is 0 Å². The number of amides is 3. The minimum absolute atomic E-state index is 0.0648. The number of nitrogens with zero attached hydrogens (tertiary/aromatic N) is 1. The molecule has 0 aliphatic carbocycles. The zero-order valence-electron chi connectivity index (χ0n) is 17.5. The normalized spacial score (nSPS) is 17.6. The molecule has 172 valence electrons. The number of alkyl halides is 1. The molecule has 1 heterocycles. The zero-order chi connectivity index (χ0) is 23.1. The van der Waals surface area contributed by atoms with Crippen LogP contribution in [0.2, 0.25) is 0 Å². The van der Waals surface area contributed by atoms with Gasteiger partial charge in [0.25, 0.3) is 0 Å². The number of halogens is 1. The Hall–Kier alpha value is -2.50. The second-order valence-corrected chi connectivity index (χ2v) is 9.16. The maximum Gasteiger partial charge on any atom is 0.324 e. The van der Waals surface area contributed by atoms with Crippen LogP contribution in [0.1, 0.15) is 25.8 Å². The number of urea groups is 1. The van der Waals surface area contributed by atoms with E-state index < -0.39 is 33.7 Å². The van der Waals surface area contributed by atoms with Gasteiger partial charge in [0, 0.05) is 13.1 Å². The summed E-state index contributed by atoms with van der Waals surface area (Å²) in [6.45, 7) is 2.75. The van der Waals surface area contributed by atoms with Crippen LogP contribution in [0.4, 0.5) is 9.18 Å². The minimum Gasteiger partial charge on any atom is -0.491 e. The minimum atomic E-state index is -3.75. The lowest BCUT2D eigenvalue weighted by atomic mass is 9.91. The van der Waals surface area contributed by atoms with Crippen molar-refractivity contribution in [1.29, 1.82) is 0 Å². The van der Waals surface area contributed by atoms with Crippen molar-refractivity contribution in [2.45, 2.75) is 32.0 Å². The van der Waals surface area contributed by atoms with Gasteiger partial charge in [0.2, 0.25) is 15.9 Å². The van der Waals surface area contributed by atoms with Crippen LogP contribution in [-0.2, 0) is 20.4 Å². The van der Waals surface area contributed by atoms with E-state index in [0.29, 0.717) is 11.3 Å². The molecule has 3 amide bonds. The second-order valence-electron chi connectivity index (χ2n) is 7.31. The zero-order valence-corrected chi connectivity index (χ0v) is 18.3. The van der Waals surface area contributed by atoms with E-state index in [2.05, 4.69) is 10.0 Å². The Labute approximate surface area is 181 Å². The smallest absolute Gasteiger partial charge is 0.324 e. The van der Waals surface area contributed by atoms with Crippen molar-refractivity contribution < 1.29 is 32.2 Å². The van der Waals surface area contributed by atoms with Crippen molar-refractivity contribution in [3.05, 3.63) is 42.0 Å². The molecule has 0 aromatic heterocycles. The molecule has 31 heavy (non-hydrogen) atoms. The molecule has 1 aromatic carbocycles. The Bertz CT molecular complexity index is 921. The first-order chi connectivity index (χ1) is 14.5. The van der Waals surface area contributed by atoms with Gasteiger partial charge in [0.1, 0.15) is 30.7 Å². The maximum atomic E-state index is 13.0. The molecule has 11 heteroatoms.